The predicted octanol–water partition coefficient (Wildman–Crippen LogP) is 4.38. The van der Waals surface area contributed by atoms with Crippen LogP contribution in [-0.2, 0) is 10.6 Å². The summed E-state index contributed by atoms with van der Waals surface area (Å²) in [6, 6.07) is 4.21. The summed E-state index contributed by atoms with van der Waals surface area (Å²) in [6.07, 6.45) is 5.05. The molecule has 0 amide bonds. The van der Waals surface area contributed by atoms with Gasteiger partial charge in [-0.25, -0.2) is 0 Å². The Kier molecular flexibility index (Phi) is 5.53. The molecule has 0 radical (unpaired) electrons. The highest BCUT2D eigenvalue weighted by atomic mass is 35.5. The van der Waals surface area contributed by atoms with E-state index in [1.807, 2.05) is 0 Å². The van der Waals surface area contributed by atoms with Crippen LogP contribution in [0.4, 0.5) is 0 Å². The first-order chi connectivity index (χ1) is 9.20. The second-order valence-corrected chi connectivity index (χ2v) is 5.59. The molecule has 2 nitrogen and oxygen atoms in total. The molecule has 1 atom stereocenters. The largest absolute Gasteiger partial charge is 0.493 e. The molecule has 0 N–H and O–H groups in total. The van der Waals surface area contributed by atoms with Crippen LogP contribution in [0, 0.1) is 13.8 Å². The van der Waals surface area contributed by atoms with Crippen LogP contribution in [0.2, 0.25) is 0 Å². The Morgan fingerprint density at radius 3 is 2.63 bits per heavy atom. The molecule has 0 aliphatic carbocycles. The van der Waals surface area contributed by atoms with Gasteiger partial charge in [-0.15, -0.1) is 11.6 Å². The van der Waals surface area contributed by atoms with Gasteiger partial charge < -0.3 is 9.47 Å². The van der Waals surface area contributed by atoms with Crippen LogP contribution >= 0.6 is 11.6 Å². The van der Waals surface area contributed by atoms with Gasteiger partial charge in [0.25, 0.3) is 0 Å². The summed E-state index contributed by atoms with van der Waals surface area (Å²) in [4.78, 5) is 0. The van der Waals surface area contributed by atoms with Gasteiger partial charge in [0.05, 0.1) is 12.7 Å². The lowest BCUT2D eigenvalue weighted by atomic mass is 10.1. The van der Waals surface area contributed by atoms with Crippen molar-refractivity contribution in [2.24, 2.45) is 0 Å². The molecule has 1 fully saturated rings. The first-order valence-corrected chi connectivity index (χ1v) is 7.64. The van der Waals surface area contributed by atoms with Crippen LogP contribution in [-0.4, -0.2) is 19.3 Å². The van der Waals surface area contributed by atoms with Crippen molar-refractivity contribution in [2.45, 2.75) is 51.5 Å². The monoisotopic (exact) mass is 282 g/mol. The van der Waals surface area contributed by atoms with Crippen LogP contribution in [0.25, 0.3) is 0 Å². The maximum atomic E-state index is 5.93. The summed E-state index contributed by atoms with van der Waals surface area (Å²) in [5.74, 6) is 1.57. The fourth-order valence-corrected chi connectivity index (χ4v) is 2.86. The summed E-state index contributed by atoms with van der Waals surface area (Å²) in [5.41, 5.74) is 3.50. The highest BCUT2D eigenvalue weighted by Crippen LogP contribution is 2.26. The zero-order valence-electron chi connectivity index (χ0n) is 11.9. The molecule has 1 heterocycles. The van der Waals surface area contributed by atoms with E-state index in [1.54, 1.807) is 0 Å². The van der Waals surface area contributed by atoms with Gasteiger partial charge in [-0.2, -0.15) is 0 Å². The first kappa shape index (κ1) is 14.7. The molecule has 1 aliphatic heterocycles. The van der Waals surface area contributed by atoms with Crippen LogP contribution in [0.5, 0.6) is 5.75 Å². The van der Waals surface area contributed by atoms with Crippen molar-refractivity contribution in [1.82, 2.24) is 0 Å². The lowest BCUT2D eigenvalue weighted by Crippen LogP contribution is -2.08. The van der Waals surface area contributed by atoms with Gasteiger partial charge >= 0.3 is 0 Å². The van der Waals surface area contributed by atoms with Gasteiger partial charge in [-0.05, 0) is 56.2 Å². The molecular formula is C16H23ClO2. The van der Waals surface area contributed by atoms with Crippen molar-refractivity contribution < 1.29 is 9.47 Å². The van der Waals surface area contributed by atoms with Crippen molar-refractivity contribution in [3.8, 4) is 5.75 Å². The summed E-state index contributed by atoms with van der Waals surface area (Å²) >= 11 is 5.87. The summed E-state index contributed by atoms with van der Waals surface area (Å²) in [6.45, 7) is 5.86. The SMILES string of the molecule is Cc1cc(CCl)cc(C)c1OCCCC1CCCO1. The standard InChI is InChI=1S/C16H23ClO2/c1-12-9-14(11-17)10-13(2)16(12)19-8-4-6-15-5-3-7-18-15/h9-10,15H,3-8,11H2,1-2H3. The van der Waals surface area contributed by atoms with Crippen molar-refractivity contribution >= 4 is 11.6 Å². The maximum absolute atomic E-state index is 5.93. The quantitative estimate of drug-likeness (QED) is 0.569. The Bertz CT molecular complexity index is 388. The Labute approximate surface area is 121 Å². The third-order valence-electron chi connectivity index (χ3n) is 3.62. The van der Waals surface area contributed by atoms with Gasteiger partial charge in [0.1, 0.15) is 5.75 Å². The van der Waals surface area contributed by atoms with Crippen LogP contribution in [0.1, 0.15) is 42.4 Å². The van der Waals surface area contributed by atoms with Crippen molar-refractivity contribution in [3.63, 3.8) is 0 Å². The number of aryl methyl sites for hydroxylation is 2. The fourth-order valence-electron chi connectivity index (χ4n) is 2.70. The Hall–Kier alpha value is -0.730. The van der Waals surface area contributed by atoms with E-state index in [1.165, 1.54) is 24.0 Å². The maximum Gasteiger partial charge on any atom is 0.125 e. The van der Waals surface area contributed by atoms with Gasteiger partial charge in [0, 0.05) is 12.5 Å². The highest BCUT2D eigenvalue weighted by molar-refractivity contribution is 6.17. The number of rotatable bonds is 6. The van der Waals surface area contributed by atoms with E-state index >= 15 is 0 Å². The second kappa shape index (κ2) is 7.16. The van der Waals surface area contributed by atoms with E-state index in [4.69, 9.17) is 21.1 Å². The van der Waals surface area contributed by atoms with E-state index in [9.17, 15) is 0 Å². The number of benzene rings is 1. The predicted molar refractivity (Wildman–Crippen MR) is 79.2 cm³/mol. The summed E-state index contributed by atoms with van der Waals surface area (Å²) < 4.78 is 11.5. The van der Waals surface area contributed by atoms with Crippen LogP contribution in [0.3, 0.4) is 0 Å². The minimum atomic E-state index is 0.462. The van der Waals surface area contributed by atoms with Crippen molar-refractivity contribution in [2.75, 3.05) is 13.2 Å². The number of halogens is 1. The molecular weight excluding hydrogens is 260 g/mol. The number of hydrogen-bond acceptors (Lipinski definition) is 2. The Morgan fingerprint density at radius 2 is 2.05 bits per heavy atom. The van der Waals surface area contributed by atoms with E-state index in [0.29, 0.717) is 12.0 Å². The molecule has 2 rings (SSSR count). The van der Waals surface area contributed by atoms with E-state index < -0.39 is 0 Å². The minimum Gasteiger partial charge on any atom is -0.493 e. The molecule has 106 valence electrons. The van der Waals surface area contributed by atoms with Gasteiger partial charge in [-0.3, -0.25) is 0 Å². The van der Waals surface area contributed by atoms with Gasteiger partial charge in [0.2, 0.25) is 0 Å². The number of alkyl halides is 1. The fraction of sp³-hybridized carbons (Fsp3) is 0.625. The van der Waals surface area contributed by atoms with Gasteiger partial charge in [-0.1, -0.05) is 12.1 Å². The van der Waals surface area contributed by atoms with E-state index in [0.717, 1.165) is 37.4 Å². The highest BCUT2D eigenvalue weighted by Gasteiger charge is 2.14. The molecule has 1 aliphatic rings. The topological polar surface area (TPSA) is 18.5 Å². The lowest BCUT2D eigenvalue weighted by molar-refractivity contribution is 0.0980. The first-order valence-electron chi connectivity index (χ1n) is 7.11. The Balaban J connectivity index is 1.81. The molecule has 1 aromatic carbocycles. The second-order valence-electron chi connectivity index (χ2n) is 5.32. The molecule has 1 saturated heterocycles. The third-order valence-corrected chi connectivity index (χ3v) is 3.92. The normalized spacial score (nSPS) is 18.8. The van der Waals surface area contributed by atoms with E-state index in [2.05, 4.69) is 26.0 Å². The van der Waals surface area contributed by atoms with Gasteiger partial charge in [0.15, 0.2) is 0 Å². The molecule has 0 aromatic heterocycles. The molecule has 19 heavy (non-hydrogen) atoms. The van der Waals surface area contributed by atoms with Crippen molar-refractivity contribution in [3.05, 3.63) is 28.8 Å². The third kappa shape index (κ3) is 4.12. The molecule has 1 aromatic rings. The average molecular weight is 283 g/mol. The summed E-state index contributed by atoms with van der Waals surface area (Å²) in [7, 11) is 0. The molecule has 3 heteroatoms. The molecule has 0 bridgehead atoms. The summed E-state index contributed by atoms with van der Waals surface area (Å²) in [5, 5.41) is 0. The zero-order chi connectivity index (χ0) is 13.7. The lowest BCUT2D eigenvalue weighted by Gasteiger charge is -2.14. The molecule has 0 saturated carbocycles. The average Bonchev–Trinajstić information content (AvgIpc) is 2.89. The molecule has 0 spiro atoms. The minimum absolute atomic E-state index is 0.462. The van der Waals surface area contributed by atoms with E-state index in [-0.39, 0.29) is 0 Å². The van der Waals surface area contributed by atoms with Crippen LogP contribution in [0.15, 0.2) is 12.1 Å². The number of ether oxygens (including phenoxy) is 2. The smallest absolute Gasteiger partial charge is 0.125 e. The molecule has 1 unspecified atom stereocenters. The zero-order valence-corrected chi connectivity index (χ0v) is 12.6. The number of hydrogen-bond donors (Lipinski definition) is 0. The van der Waals surface area contributed by atoms with Crippen LogP contribution < -0.4 is 4.74 Å². The Morgan fingerprint density at radius 1 is 1.32 bits per heavy atom. The van der Waals surface area contributed by atoms with Crippen molar-refractivity contribution in [1.29, 1.82) is 0 Å².